The highest BCUT2D eigenvalue weighted by molar-refractivity contribution is 5.85. The fourth-order valence-corrected chi connectivity index (χ4v) is 1.48. The molecule has 1 rings (SSSR count). The van der Waals surface area contributed by atoms with E-state index < -0.39 is 0 Å². The molecule has 0 bridgehead atoms. The Balaban J connectivity index is 0.000000810. The SMILES string of the molecule is CC1(NN)CCCCC1.Cl. The number of nitrogens with two attached hydrogens (primary N) is 1. The van der Waals surface area contributed by atoms with Gasteiger partial charge in [0.1, 0.15) is 0 Å². The summed E-state index contributed by atoms with van der Waals surface area (Å²) in [4.78, 5) is 0. The van der Waals surface area contributed by atoms with Gasteiger partial charge in [-0.3, -0.25) is 11.3 Å². The number of rotatable bonds is 1. The Hall–Kier alpha value is 0.210. The quantitative estimate of drug-likeness (QED) is 0.457. The summed E-state index contributed by atoms with van der Waals surface area (Å²) in [5, 5.41) is 0. The molecule has 0 aliphatic heterocycles. The highest BCUT2D eigenvalue weighted by Crippen LogP contribution is 2.26. The molecule has 0 spiro atoms. The average molecular weight is 165 g/mol. The molecule has 1 aliphatic carbocycles. The largest absolute Gasteiger partial charge is 0.271 e. The number of hydrazine groups is 1. The minimum absolute atomic E-state index is 0. The van der Waals surface area contributed by atoms with E-state index in [4.69, 9.17) is 5.84 Å². The lowest BCUT2D eigenvalue weighted by Crippen LogP contribution is -2.47. The first-order valence-electron chi connectivity index (χ1n) is 3.75. The Bertz CT molecular complexity index is 89.6. The zero-order chi connectivity index (χ0) is 6.74. The molecule has 0 amide bonds. The smallest absolute Gasteiger partial charge is 0.0293 e. The molecule has 0 saturated heterocycles. The highest BCUT2D eigenvalue weighted by atomic mass is 35.5. The van der Waals surface area contributed by atoms with Gasteiger partial charge >= 0.3 is 0 Å². The molecule has 10 heavy (non-hydrogen) atoms. The van der Waals surface area contributed by atoms with Crippen LogP contribution >= 0.6 is 12.4 Å². The Morgan fingerprint density at radius 2 is 1.70 bits per heavy atom. The molecule has 0 atom stereocenters. The van der Waals surface area contributed by atoms with Gasteiger partial charge < -0.3 is 0 Å². The summed E-state index contributed by atoms with van der Waals surface area (Å²) in [6, 6.07) is 0. The normalized spacial score (nSPS) is 23.4. The van der Waals surface area contributed by atoms with Gasteiger partial charge in [-0.15, -0.1) is 12.4 Å². The first-order valence-corrected chi connectivity index (χ1v) is 3.75. The molecule has 0 heterocycles. The summed E-state index contributed by atoms with van der Waals surface area (Å²) in [5.41, 5.74) is 3.13. The zero-order valence-corrected chi connectivity index (χ0v) is 7.34. The minimum Gasteiger partial charge on any atom is -0.271 e. The van der Waals surface area contributed by atoms with Gasteiger partial charge in [-0.05, 0) is 19.8 Å². The van der Waals surface area contributed by atoms with Crippen molar-refractivity contribution in [1.82, 2.24) is 5.43 Å². The minimum atomic E-state index is 0. The Morgan fingerprint density at radius 3 is 2.00 bits per heavy atom. The van der Waals surface area contributed by atoms with Gasteiger partial charge in [0.15, 0.2) is 0 Å². The van der Waals surface area contributed by atoms with Crippen LogP contribution in [0.3, 0.4) is 0 Å². The number of hydrogen-bond acceptors (Lipinski definition) is 2. The molecule has 0 aromatic heterocycles. The summed E-state index contributed by atoms with van der Waals surface area (Å²) in [6.45, 7) is 2.20. The average Bonchev–Trinajstić information content (AvgIpc) is 1.90. The van der Waals surface area contributed by atoms with Crippen molar-refractivity contribution >= 4 is 12.4 Å². The molecule has 3 heteroatoms. The van der Waals surface area contributed by atoms with Crippen LogP contribution in [0.25, 0.3) is 0 Å². The topological polar surface area (TPSA) is 38.0 Å². The van der Waals surface area contributed by atoms with Crippen LogP contribution in [0.2, 0.25) is 0 Å². The van der Waals surface area contributed by atoms with Crippen molar-refractivity contribution < 1.29 is 0 Å². The van der Waals surface area contributed by atoms with Crippen molar-refractivity contribution in [1.29, 1.82) is 0 Å². The Kier molecular flexibility index (Phi) is 4.25. The third-order valence-corrected chi connectivity index (χ3v) is 2.31. The maximum atomic E-state index is 5.39. The second-order valence-electron chi connectivity index (χ2n) is 3.27. The molecular formula is C7H17ClN2. The predicted octanol–water partition coefficient (Wildman–Crippen LogP) is 1.59. The van der Waals surface area contributed by atoms with Crippen LogP contribution in [0.5, 0.6) is 0 Å². The lowest BCUT2D eigenvalue weighted by molar-refractivity contribution is 0.258. The van der Waals surface area contributed by atoms with E-state index >= 15 is 0 Å². The second-order valence-corrected chi connectivity index (χ2v) is 3.27. The molecule has 1 aliphatic rings. The van der Waals surface area contributed by atoms with Crippen LogP contribution in [0.1, 0.15) is 39.0 Å². The van der Waals surface area contributed by atoms with E-state index in [2.05, 4.69) is 12.3 Å². The number of halogens is 1. The van der Waals surface area contributed by atoms with Crippen LogP contribution in [0.15, 0.2) is 0 Å². The fourth-order valence-electron chi connectivity index (χ4n) is 1.48. The van der Waals surface area contributed by atoms with Crippen molar-refractivity contribution in [2.24, 2.45) is 5.84 Å². The Labute approximate surface area is 68.9 Å². The van der Waals surface area contributed by atoms with Gasteiger partial charge in [-0.2, -0.15) is 0 Å². The lowest BCUT2D eigenvalue weighted by atomic mass is 9.84. The van der Waals surface area contributed by atoms with Gasteiger partial charge in [-0.1, -0.05) is 19.3 Å². The first kappa shape index (κ1) is 10.2. The second kappa shape index (κ2) is 4.16. The number of hydrogen-bond donors (Lipinski definition) is 2. The van der Waals surface area contributed by atoms with E-state index in [-0.39, 0.29) is 17.9 Å². The maximum absolute atomic E-state index is 5.39. The van der Waals surface area contributed by atoms with Crippen molar-refractivity contribution in [3.05, 3.63) is 0 Å². The summed E-state index contributed by atoms with van der Waals surface area (Å²) < 4.78 is 0. The molecule has 0 aromatic rings. The molecule has 2 nitrogen and oxygen atoms in total. The van der Waals surface area contributed by atoms with E-state index in [1.54, 1.807) is 0 Å². The van der Waals surface area contributed by atoms with E-state index in [1.165, 1.54) is 32.1 Å². The van der Waals surface area contributed by atoms with Crippen LogP contribution in [-0.4, -0.2) is 5.54 Å². The van der Waals surface area contributed by atoms with Crippen LogP contribution in [-0.2, 0) is 0 Å². The molecular weight excluding hydrogens is 148 g/mol. The van der Waals surface area contributed by atoms with Gasteiger partial charge in [-0.25, -0.2) is 0 Å². The summed E-state index contributed by atoms with van der Waals surface area (Å²) in [7, 11) is 0. The third-order valence-electron chi connectivity index (χ3n) is 2.31. The molecule has 0 radical (unpaired) electrons. The molecule has 0 aromatic carbocycles. The van der Waals surface area contributed by atoms with Gasteiger partial charge in [0.05, 0.1) is 0 Å². The van der Waals surface area contributed by atoms with Crippen LogP contribution in [0.4, 0.5) is 0 Å². The fraction of sp³-hybridized carbons (Fsp3) is 1.00. The van der Waals surface area contributed by atoms with Gasteiger partial charge in [0.25, 0.3) is 0 Å². The van der Waals surface area contributed by atoms with E-state index in [0.29, 0.717) is 0 Å². The standard InChI is InChI=1S/C7H16N2.ClH/c1-7(9-8)5-3-2-4-6-7;/h9H,2-6,8H2,1H3;1H. The summed E-state index contributed by atoms with van der Waals surface area (Å²) in [6.07, 6.45) is 6.53. The molecule has 3 N–H and O–H groups in total. The predicted molar refractivity (Wildman–Crippen MR) is 46.1 cm³/mol. The summed E-state index contributed by atoms with van der Waals surface area (Å²) >= 11 is 0. The Morgan fingerprint density at radius 1 is 1.20 bits per heavy atom. The number of nitrogens with one attached hydrogen (secondary N) is 1. The third kappa shape index (κ3) is 2.45. The first-order chi connectivity index (χ1) is 4.27. The van der Waals surface area contributed by atoms with E-state index in [0.717, 1.165) is 0 Å². The van der Waals surface area contributed by atoms with Crippen molar-refractivity contribution in [3.8, 4) is 0 Å². The summed E-state index contributed by atoms with van der Waals surface area (Å²) in [5.74, 6) is 5.39. The van der Waals surface area contributed by atoms with Gasteiger partial charge in [0.2, 0.25) is 0 Å². The van der Waals surface area contributed by atoms with Gasteiger partial charge in [0, 0.05) is 5.54 Å². The van der Waals surface area contributed by atoms with E-state index in [9.17, 15) is 0 Å². The van der Waals surface area contributed by atoms with Crippen molar-refractivity contribution in [2.45, 2.75) is 44.6 Å². The lowest BCUT2D eigenvalue weighted by Gasteiger charge is -2.32. The molecule has 1 fully saturated rings. The molecule has 0 unspecified atom stereocenters. The van der Waals surface area contributed by atoms with Crippen molar-refractivity contribution in [3.63, 3.8) is 0 Å². The molecule has 62 valence electrons. The monoisotopic (exact) mass is 164 g/mol. The van der Waals surface area contributed by atoms with Crippen molar-refractivity contribution in [2.75, 3.05) is 0 Å². The highest BCUT2D eigenvalue weighted by Gasteiger charge is 2.24. The molecule has 1 saturated carbocycles. The van der Waals surface area contributed by atoms with E-state index in [1.807, 2.05) is 0 Å². The van der Waals surface area contributed by atoms with Crippen LogP contribution < -0.4 is 11.3 Å². The zero-order valence-electron chi connectivity index (χ0n) is 6.52. The maximum Gasteiger partial charge on any atom is 0.0293 e. The van der Waals surface area contributed by atoms with Crippen LogP contribution in [0, 0.1) is 0 Å².